The van der Waals surface area contributed by atoms with Crippen LogP contribution < -0.4 is 15.5 Å². The van der Waals surface area contributed by atoms with Crippen LogP contribution in [0, 0.1) is 0 Å². The summed E-state index contributed by atoms with van der Waals surface area (Å²) in [4.78, 5) is 35.9. The number of nitrogens with one attached hydrogen (secondary N) is 3. The molecule has 0 aliphatic carbocycles. The van der Waals surface area contributed by atoms with Crippen molar-refractivity contribution < 1.29 is 14.7 Å². The molecule has 1 unspecified atom stereocenters. The number of halogens is 2. The van der Waals surface area contributed by atoms with Gasteiger partial charge < -0.3 is 30.5 Å². The van der Waals surface area contributed by atoms with Gasteiger partial charge in [-0.05, 0) is 35.3 Å². The largest absolute Gasteiger partial charge is 0.387 e. The number of H-pyrrole nitrogens is 1. The van der Waals surface area contributed by atoms with E-state index in [4.69, 9.17) is 5.11 Å². The number of piperazine rings is 1. The fraction of sp³-hybridized carbons (Fsp3) is 0.526. The number of aliphatic hydroxyl groups excluding tert-OH is 1. The Kier molecular flexibility index (Phi) is 7.56. The zero-order valence-corrected chi connectivity index (χ0v) is 18.9. The highest BCUT2D eigenvalue weighted by Gasteiger charge is 2.27. The first-order valence-corrected chi connectivity index (χ1v) is 10.7. The summed E-state index contributed by atoms with van der Waals surface area (Å²) in [6.07, 6.45) is 6.19. The van der Waals surface area contributed by atoms with Crippen molar-refractivity contribution in [2.45, 2.75) is 25.3 Å². The summed E-state index contributed by atoms with van der Waals surface area (Å²) in [5, 5.41) is 15.9. The third-order valence-electron chi connectivity index (χ3n) is 5.58. The van der Waals surface area contributed by atoms with Crippen LogP contribution in [0.15, 0.2) is 16.9 Å². The summed E-state index contributed by atoms with van der Waals surface area (Å²) >= 11 is 3.59. The van der Waals surface area contributed by atoms with E-state index in [1.54, 1.807) is 12.4 Å². The molecule has 2 fully saturated rings. The number of carbonyl (C=O) groups excluding carboxylic acids is 2. The van der Waals surface area contributed by atoms with E-state index in [1.165, 1.54) is 0 Å². The van der Waals surface area contributed by atoms with Crippen LogP contribution in [0.3, 0.4) is 0 Å². The molecule has 11 heteroatoms. The van der Waals surface area contributed by atoms with Gasteiger partial charge in [-0.2, -0.15) is 0 Å². The van der Waals surface area contributed by atoms with Gasteiger partial charge in [0.15, 0.2) is 0 Å². The molecule has 0 spiro atoms. The van der Waals surface area contributed by atoms with Crippen molar-refractivity contribution in [1.29, 1.82) is 0 Å². The Morgan fingerprint density at radius 1 is 1.30 bits per heavy atom. The van der Waals surface area contributed by atoms with Crippen LogP contribution in [-0.4, -0.2) is 77.2 Å². The molecule has 9 nitrogen and oxygen atoms in total. The monoisotopic (exact) mass is 500 g/mol. The molecule has 2 aliphatic rings. The number of nitrogens with zero attached hydrogens (tertiary/aromatic N) is 3. The number of amides is 2. The fourth-order valence-electron chi connectivity index (χ4n) is 4.10. The van der Waals surface area contributed by atoms with Crippen molar-refractivity contribution in [3.63, 3.8) is 0 Å². The van der Waals surface area contributed by atoms with Crippen LogP contribution in [0.2, 0.25) is 0 Å². The molecule has 4 heterocycles. The molecule has 30 heavy (non-hydrogen) atoms. The van der Waals surface area contributed by atoms with Gasteiger partial charge in [0.05, 0.1) is 21.2 Å². The number of fused-ring (bicyclic) bond motifs is 1. The minimum atomic E-state index is -0.583. The van der Waals surface area contributed by atoms with E-state index in [1.807, 2.05) is 4.90 Å². The van der Waals surface area contributed by atoms with Crippen LogP contribution >= 0.6 is 28.3 Å². The van der Waals surface area contributed by atoms with Crippen molar-refractivity contribution in [2.75, 3.05) is 49.5 Å². The molecule has 2 aliphatic heterocycles. The lowest BCUT2D eigenvalue weighted by atomic mass is 10.1. The molecule has 0 radical (unpaired) electrons. The number of hydrogen-bond acceptors (Lipinski definition) is 6. The average molecular weight is 502 g/mol. The summed E-state index contributed by atoms with van der Waals surface area (Å²) in [6, 6.07) is 0.312. The normalized spacial score (nSPS) is 19.1. The highest BCUT2D eigenvalue weighted by Crippen LogP contribution is 2.38. The molecule has 2 saturated heterocycles. The number of aliphatic hydroxyl groups is 1. The van der Waals surface area contributed by atoms with E-state index in [2.05, 4.69) is 41.4 Å². The number of rotatable bonds is 5. The predicted molar refractivity (Wildman–Crippen MR) is 121 cm³/mol. The summed E-state index contributed by atoms with van der Waals surface area (Å²) < 4.78 is 0.819. The Bertz CT molecular complexity index is 909. The lowest BCUT2D eigenvalue weighted by Crippen LogP contribution is -2.49. The van der Waals surface area contributed by atoms with Gasteiger partial charge in [-0.25, -0.2) is 4.98 Å². The van der Waals surface area contributed by atoms with Crippen LogP contribution in [0.4, 0.5) is 11.4 Å². The van der Waals surface area contributed by atoms with E-state index in [0.29, 0.717) is 50.0 Å². The van der Waals surface area contributed by atoms with Crippen molar-refractivity contribution in [2.24, 2.45) is 0 Å². The highest BCUT2D eigenvalue weighted by molar-refractivity contribution is 9.10. The molecule has 2 aromatic rings. The molecule has 0 aromatic carbocycles. The van der Waals surface area contributed by atoms with E-state index in [-0.39, 0.29) is 18.3 Å². The van der Waals surface area contributed by atoms with Gasteiger partial charge in [0.1, 0.15) is 12.3 Å². The van der Waals surface area contributed by atoms with Gasteiger partial charge in [-0.1, -0.05) is 0 Å². The number of carbonyl (C=O) groups is 2. The number of aromatic amines is 1. The first-order chi connectivity index (χ1) is 14.1. The number of pyridine rings is 1. The van der Waals surface area contributed by atoms with Gasteiger partial charge in [0.25, 0.3) is 0 Å². The average Bonchev–Trinajstić information content (AvgIpc) is 3.38. The second-order valence-electron chi connectivity index (χ2n) is 7.45. The van der Waals surface area contributed by atoms with Crippen LogP contribution in [-0.2, 0) is 9.59 Å². The molecule has 0 saturated carbocycles. The number of aromatic nitrogens is 2. The second kappa shape index (κ2) is 9.95. The van der Waals surface area contributed by atoms with E-state index < -0.39 is 12.5 Å². The molecular formula is C19H26BrClN6O3. The summed E-state index contributed by atoms with van der Waals surface area (Å²) in [5.74, 6) is -0.270. The van der Waals surface area contributed by atoms with Gasteiger partial charge in [-0.3, -0.25) is 9.59 Å². The van der Waals surface area contributed by atoms with Crippen LogP contribution in [0.5, 0.6) is 0 Å². The maximum atomic E-state index is 12.6. The van der Waals surface area contributed by atoms with Gasteiger partial charge in [0.2, 0.25) is 11.8 Å². The minimum Gasteiger partial charge on any atom is -0.387 e. The van der Waals surface area contributed by atoms with E-state index in [9.17, 15) is 9.59 Å². The molecule has 2 amide bonds. The first-order valence-electron chi connectivity index (χ1n) is 9.89. The lowest BCUT2D eigenvalue weighted by Gasteiger charge is -2.37. The van der Waals surface area contributed by atoms with Crippen molar-refractivity contribution in [3.8, 4) is 0 Å². The maximum Gasteiger partial charge on any atom is 0.250 e. The molecule has 0 bridgehead atoms. The Morgan fingerprint density at radius 2 is 2.07 bits per heavy atom. The molecule has 164 valence electrons. The third-order valence-corrected chi connectivity index (χ3v) is 6.16. The quantitative estimate of drug-likeness (QED) is 0.493. The van der Waals surface area contributed by atoms with Crippen LogP contribution in [0.25, 0.3) is 11.0 Å². The standard InChI is InChI=1S/C19H25BrN6O3.ClH/c20-13-9-22-19-17(14(10-23-19)24-15(28)11-27)18(13)26-6-4-25(5-7-26)16(29)8-12-2-1-3-21-12;/h9-10,12,21,27H,1-8,11H2,(H,22,23)(H,24,28);1H. The number of hydrogen-bond donors (Lipinski definition) is 4. The first kappa shape index (κ1) is 22.8. The minimum absolute atomic E-state index is 0. The summed E-state index contributed by atoms with van der Waals surface area (Å²) in [5.41, 5.74) is 2.16. The Labute approximate surface area is 189 Å². The summed E-state index contributed by atoms with van der Waals surface area (Å²) in [6.45, 7) is 3.12. The summed E-state index contributed by atoms with van der Waals surface area (Å²) in [7, 11) is 0. The Balaban J connectivity index is 0.00000256. The highest BCUT2D eigenvalue weighted by atomic mass is 79.9. The van der Waals surface area contributed by atoms with Gasteiger partial charge in [-0.15, -0.1) is 12.4 Å². The molecule has 4 rings (SSSR count). The molecule has 2 aromatic heterocycles. The number of anilines is 2. The van der Waals surface area contributed by atoms with E-state index in [0.717, 1.165) is 34.9 Å². The van der Waals surface area contributed by atoms with Crippen molar-refractivity contribution >= 4 is 62.6 Å². The zero-order chi connectivity index (χ0) is 20.4. The van der Waals surface area contributed by atoms with E-state index >= 15 is 0 Å². The van der Waals surface area contributed by atoms with Crippen molar-refractivity contribution in [1.82, 2.24) is 20.2 Å². The topological polar surface area (TPSA) is 114 Å². The lowest BCUT2D eigenvalue weighted by molar-refractivity contribution is -0.132. The zero-order valence-electron chi connectivity index (χ0n) is 16.5. The molecule has 1 atom stereocenters. The SMILES string of the molecule is Cl.O=C(CO)Nc1c[nH]c2ncc(Br)c(N3CCN(C(=O)CC4CCCN4)CC3)c12. The Hall–Kier alpha value is -1.88. The van der Waals surface area contributed by atoms with Crippen LogP contribution in [0.1, 0.15) is 19.3 Å². The van der Waals surface area contributed by atoms with Gasteiger partial charge in [0, 0.05) is 51.0 Å². The second-order valence-corrected chi connectivity index (χ2v) is 8.31. The smallest absolute Gasteiger partial charge is 0.250 e. The van der Waals surface area contributed by atoms with Crippen molar-refractivity contribution in [3.05, 3.63) is 16.9 Å². The Morgan fingerprint density at radius 3 is 2.73 bits per heavy atom. The fourth-order valence-corrected chi connectivity index (χ4v) is 4.65. The third kappa shape index (κ3) is 4.72. The maximum absolute atomic E-state index is 12.6. The molecule has 4 N–H and O–H groups in total. The van der Waals surface area contributed by atoms with Gasteiger partial charge >= 0.3 is 0 Å². The predicted octanol–water partition coefficient (Wildman–Crippen LogP) is 1.47. The molecular weight excluding hydrogens is 476 g/mol.